The van der Waals surface area contributed by atoms with E-state index >= 15 is 0 Å². The van der Waals surface area contributed by atoms with E-state index in [0.29, 0.717) is 6.54 Å². The summed E-state index contributed by atoms with van der Waals surface area (Å²) in [6, 6.07) is 7.68. The summed E-state index contributed by atoms with van der Waals surface area (Å²) in [5.41, 5.74) is 6.33. The predicted octanol–water partition coefficient (Wildman–Crippen LogP) is 0.551. The number of carbonyl (C=O) groups excluding carboxylic acids is 1. The summed E-state index contributed by atoms with van der Waals surface area (Å²) in [6.07, 6.45) is -0.130. The molecule has 1 rings (SSSR count). The Hall–Kier alpha value is -2.28. The fourth-order valence-electron chi connectivity index (χ4n) is 1.92. The molecule has 1 aromatic carbocycles. The van der Waals surface area contributed by atoms with Crippen LogP contribution >= 0.6 is 0 Å². The number of carbonyl (C=O) groups is 1. The molecule has 1 amide bonds. The van der Waals surface area contributed by atoms with E-state index in [1.54, 1.807) is 7.11 Å². The summed E-state index contributed by atoms with van der Waals surface area (Å²) in [5, 5.41) is 14.0. The van der Waals surface area contributed by atoms with Gasteiger partial charge in [0.25, 0.3) is 0 Å². The molecule has 0 fully saturated rings. The van der Waals surface area contributed by atoms with Gasteiger partial charge in [-0.15, -0.1) is 0 Å². The minimum absolute atomic E-state index is 0.00339. The highest BCUT2D eigenvalue weighted by atomic mass is 16.5. The number of nitrogens with two attached hydrogens (primary N) is 1. The first kappa shape index (κ1) is 16.8. The Kier molecular flexibility index (Phi) is 6.48. The average Bonchev–Trinajstić information content (AvgIpc) is 2.47. The van der Waals surface area contributed by atoms with Gasteiger partial charge in [-0.05, 0) is 31.8 Å². The van der Waals surface area contributed by atoms with Gasteiger partial charge in [-0.25, -0.2) is 0 Å². The average molecular weight is 294 g/mol. The van der Waals surface area contributed by atoms with Crippen LogP contribution in [0.5, 0.6) is 5.75 Å². The number of hydrogen-bond acceptors (Lipinski definition) is 5. The van der Waals surface area contributed by atoms with Gasteiger partial charge in [0.15, 0.2) is 0 Å². The summed E-state index contributed by atoms with van der Waals surface area (Å²) in [5.74, 6) is 0.359. The number of hydrogen-bond donors (Lipinski definition) is 3. The van der Waals surface area contributed by atoms with E-state index in [1.807, 2.05) is 43.3 Å². The van der Waals surface area contributed by atoms with Crippen LogP contribution in [0, 0.1) is 0 Å². The maximum Gasteiger partial charge on any atom is 0.227 e. The van der Waals surface area contributed by atoms with Crippen LogP contribution in [0.3, 0.4) is 0 Å². The summed E-state index contributed by atoms with van der Waals surface area (Å²) >= 11 is 0. The van der Waals surface area contributed by atoms with Crippen molar-refractivity contribution in [3.05, 3.63) is 29.8 Å². The van der Waals surface area contributed by atoms with Crippen LogP contribution in [0.1, 0.15) is 18.0 Å². The first-order valence-electron chi connectivity index (χ1n) is 6.51. The number of amides is 1. The molecule has 4 N–H and O–H groups in total. The molecule has 7 nitrogen and oxygen atoms in total. The van der Waals surface area contributed by atoms with Crippen LogP contribution in [0.2, 0.25) is 0 Å². The van der Waals surface area contributed by atoms with Crippen molar-refractivity contribution in [2.75, 3.05) is 27.7 Å². The molecule has 1 atom stereocenters. The fraction of sp³-hybridized carbons (Fsp3) is 0.429. The van der Waals surface area contributed by atoms with Crippen molar-refractivity contribution < 1.29 is 14.7 Å². The van der Waals surface area contributed by atoms with Crippen molar-refractivity contribution in [1.82, 2.24) is 10.2 Å². The third kappa shape index (κ3) is 5.31. The van der Waals surface area contributed by atoms with Gasteiger partial charge in [0.2, 0.25) is 5.91 Å². The zero-order valence-corrected chi connectivity index (χ0v) is 12.5. The standard InChI is InChI=1S/C14H22N4O3/c1-18(2)12(9-16-14(19)8-13(15)17-20)10-5-4-6-11(7-10)21-3/h4-7,12,20H,8-9H2,1-3H3,(H2,15,17)(H,16,19). The molecule has 0 bridgehead atoms. The van der Waals surface area contributed by atoms with Gasteiger partial charge >= 0.3 is 0 Å². The summed E-state index contributed by atoms with van der Waals surface area (Å²) in [7, 11) is 5.47. The Morgan fingerprint density at radius 2 is 2.24 bits per heavy atom. The Balaban J connectivity index is 2.72. The van der Waals surface area contributed by atoms with Gasteiger partial charge in [-0.2, -0.15) is 0 Å². The van der Waals surface area contributed by atoms with E-state index in [0.717, 1.165) is 11.3 Å². The quantitative estimate of drug-likeness (QED) is 0.295. The normalized spacial score (nSPS) is 13.0. The van der Waals surface area contributed by atoms with Crippen molar-refractivity contribution in [3.63, 3.8) is 0 Å². The third-order valence-corrected chi connectivity index (χ3v) is 3.06. The molecule has 0 aliphatic rings. The molecule has 1 unspecified atom stereocenters. The van der Waals surface area contributed by atoms with E-state index in [-0.39, 0.29) is 24.2 Å². The van der Waals surface area contributed by atoms with Crippen LogP contribution in [0.15, 0.2) is 29.4 Å². The SMILES string of the molecule is COc1cccc(C(CNC(=O)C/C(N)=N/O)N(C)C)c1. The van der Waals surface area contributed by atoms with E-state index < -0.39 is 0 Å². The lowest BCUT2D eigenvalue weighted by Crippen LogP contribution is -2.36. The molecule has 7 heteroatoms. The number of benzene rings is 1. The zero-order chi connectivity index (χ0) is 15.8. The van der Waals surface area contributed by atoms with E-state index in [9.17, 15) is 4.79 Å². The Morgan fingerprint density at radius 1 is 1.52 bits per heavy atom. The molecule has 0 saturated heterocycles. The second-order valence-corrected chi connectivity index (χ2v) is 4.83. The van der Waals surface area contributed by atoms with Crippen molar-refractivity contribution in [2.24, 2.45) is 10.9 Å². The monoisotopic (exact) mass is 294 g/mol. The molecule has 0 aliphatic heterocycles. The van der Waals surface area contributed by atoms with Crippen LogP contribution in [0.25, 0.3) is 0 Å². The molecule has 116 valence electrons. The lowest BCUT2D eigenvalue weighted by Gasteiger charge is -2.25. The number of nitrogens with one attached hydrogen (secondary N) is 1. The number of methoxy groups -OCH3 is 1. The molecule has 0 saturated carbocycles. The first-order chi connectivity index (χ1) is 9.97. The van der Waals surface area contributed by atoms with E-state index in [4.69, 9.17) is 15.7 Å². The largest absolute Gasteiger partial charge is 0.497 e. The number of amidine groups is 1. The molecule has 0 aliphatic carbocycles. The fourth-order valence-corrected chi connectivity index (χ4v) is 1.92. The van der Waals surface area contributed by atoms with E-state index in [1.165, 1.54) is 0 Å². The number of oxime groups is 1. The lowest BCUT2D eigenvalue weighted by molar-refractivity contribution is -0.120. The van der Waals surface area contributed by atoms with Gasteiger partial charge in [-0.3, -0.25) is 4.79 Å². The van der Waals surface area contributed by atoms with Gasteiger partial charge in [0, 0.05) is 6.54 Å². The maximum atomic E-state index is 11.7. The highest BCUT2D eigenvalue weighted by Crippen LogP contribution is 2.22. The number of rotatable bonds is 7. The minimum atomic E-state index is -0.292. The lowest BCUT2D eigenvalue weighted by atomic mass is 10.1. The highest BCUT2D eigenvalue weighted by Gasteiger charge is 2.16. The molecule has 0 spiro atoms. The maximum absolute atomic E-state index is 11.7. The molecular formula is C14H22N4O3. The summed E-state index contributed by atoms with van der Waals surface area (Å²) in [4.78, 5) is 13.7. The van der Waals surface area contributed by atoms with Gasteiger partial charge in [0.1, 0.15) is 11.6 Å². The van der Waals surface area contributed by atoms with Crippen molar-refractivity contribution >= 4 is 11.7 Å². The molecular weight excluding hydrogens is 272 g/mol. The molecule has 0 aromatic heterocycles. The van der Waals surface area contributed by atoms with E-state index in [2.05, 4.69) is 10.5 Å². The molecule has 0 radical (unpaired) electrons. The van der Waals surface area contributed by atoms with Crippen LogP contribution < -0.4 is 15.8 Å². The molecule has 0 heterocycles. The Labute approximate surface area is 124 Å². The van der Waals surface area contributed by atoms with Crippen molar-refractivity contribution in [2.45, 2.75) is 12.5 Å². The van der Waals surface area contributed by atoms with Crippen LogP contribution in [0.4, 0.5) is 0 Å². The van der Waals surface area contributed by atoms with Gasteiger partial charge < -0.3 is 25.9 Å². The van der Waals surface area contributed by atoms with Crippen LogP contribution in [-0.4, -0.2) is 49.6 Å². The topological polar surface area (TPSA) is 100 Å². The molecule has 21 heavy (non-hydrogen) atoms. The third-order valence-electron chi connectivity index (χ3n) is 3.06. The second kappa shape index (κ2) is 8.11. The number of likely N-dealkylation sites (N-methyl/N-ethyl adjacent to an activating group) is 1. The smallest absolute Gasteiger partial charge is 0.227 e. The van der Waals surface area contributed by atoms with Crippen LogP contribution in [-0.2, 0) is 4.79 Å². The number of nitrogens with zero attached hydrogens (tertiary/aromatic N) is 2. The zero-order valence-electron chi connectivity index (χ0n) is 12.5. The highest BCUT2D eigenvalue weighted by molar-refractivity contribution is 5.98. The summed E-state index contributed by atoms with van der Waals surface area (Å²) in [6.45, 7) is 0.414. The van der Waals surface area contributed by atoms with Crippen molar-refractivity contribution in [3.8, 4) is 5.75 Å². The van der Waals surface area contributed by atoms with Gasteiger partial charge in [0.05, 0.1) is 19.6 Å². The minimum Gasteiger partial charge on any atom is -0.497 e. The summed E-state index contributed by atoms with van der Waals surface area (Å²) < 4.78 is 5.21. The predicted molar refractivity (Wildman–Crippen MR) is 80.5 cm³/mol. The first-order valence-corrected chi connectivity index (χ1v) is 6.51. The molecule has 1 aromatic rings. The Bertz CT molecular complexity index is 503. The number of ether oxygens (including phenoxy) is 1. The van der Waals surface area contributed by atoms with Gasteiger partial charge in [-0.1, -0.05) is 17.3 Å². The Morgan fingerprint density at radius 3 is 2.81 bits per heavy atom. The van der Waals surface area contributed by atoms with Crippen molar-refractivity contribution in [1.29, 1.82) is 0 Å². The second-order valence-electron chi connectivity index (χ2n) is 4.83.